The van der Waals surface area contributed by atoms with Crippen molar-refractivity contribution < 1.29 is 4.74 Å². The van der Waals surface area contributed by atoms with Crippen molar-refractivity contribution in [1.82, 2.24) is 51.4 Å². The van der Waals surface area contributed by atoms with Crippen LogP contribution in [0.3, 0.4) is 0 Å². The third-order valence-corrected chi connectivity index (χ3v) is 7.80. The smallest absolute Gasteiger partial charge is 0.176 e. The van der Waals surface area contributed by atoms with Gasteiger partial charge in [-0.15, -0.1) is 19.4 Å². The van der Waals surface area contributed by atoms with E-state index >= 15 is 0 Å². The molecule has 0 aliphatic carbocycles. The van der Waals surface area contributed by atoms with Crippen LogP contribution in [0.5, 0.6) is 0 Å². The summed E-state index contributed by atoms with van der Waals surface area (Å²) in [7, 11) is 2.63. The highest BCUT2D eigenvalue weighted by molar-refractivity contribution is 7.15. The molecule has 5 aromatic rings. The van der Waals surface area contributed by atoms with E-state index in [2.05, 4.69) is 64.6 Å². The first-order valence-corrected chi connectivity index (χ1v) is 15.9. The zero-order valence-electron chi connectivity index (χ0n) is 26.4. The summed E-state index contributed by atoms with van der Waals surface area (Å²) in [5, 5.41) is 23.7. The van der Waals surface area contributed by atoms with Crippen LogP contribution in [0.15, 0.2) is 133 Å². The van der Waals surface area contributed by atoms with E-state index in [-0.39, 0.29) is 6.61 Å². The molecule has 0 fully saturated rings. The summed E-state index contributed by atoms with van der Waals surface area (Å²) in [6.07, 6.45) is 6.21. The topological polar surface area (TPSA) is 122 Å². The quantitative estimate of drug-likeness (QED) is 0.0545. The van der Waals surface area contributed by atoms with Crippen LogP contribution in [0.2, 0.25) is 0 Å². The molecule has 0 saturated heterocycles. The third-order valence-electron chi connectivity index (χ3n) is 7.43. The maximum Gasteiger partial charge on any atom is 0.176 e. The number of hydrogen-bond donors (Lipinski definition) is 3. The van der Waals surface area contributed by atoms with Crippen molar-refractivity contribution in [2.45, 2.75) is 45.1 Å². The lowest BCUT2D eigenvalue weighted by Crippen LogP contribution is -2.49. The fourth-order valence-corrected chi connectivity index (χ4v) is 5.20. The Hall–Kier alpha value is -5.00. The lowest BCUT2D eigenvalue weighted by atomic mass is 9.88. The van der Waals surface area contributed by atoms with Crippen LogP contribution < -0.4 is 16.4 Å². The van der Waals surface area contributed by atoms with Gasteiger partial charge >= 0.3 is 0 Å². The molecular weight excluding hydrogens is 609 g/mol. The predicted molar refractivity (Wildman–Crippen MR) is 186 cm³/mol. The van der Waals surface area contributed by atoms with Crippen LogP contribution in [-0.2, 0) is 42.9 Å². The molecule has 47 heavy (non-hydrogen) atoms. The fourth-order valence-electron chi connectivity index (χ4n) is 5.02. The van der Waals surface area contributed by atoms with Crippen molar-refractivity contribution >= 4 is 16.0 Å². The largest absolute Gasteiger partial charge is 0.351 e. The Labute approximate surface area is 277 Å². The number of hydrazone groups is 1. The maximum atomic E-state index is 6.83. The number of nitrogens with one attached hydrogen (secondary N) is 3. The van der Waals surface area contributed by atoms with Gasteiger partial charge in [0, 0.05) is 19.5 Å². The minimum atomic E-state index is -1.33. The Morgan fingerprint density at radius 2 is 1.55 bits per heavy atom. The lowest BCUT2D eigenvalue weighted by molar-refractivity contribution is -0.0177. The molecule has 3 N–H and O–H groups in total. The van der Waals surface area contributed by atoms with E-state index in [4.69, 9.17) is 4.74 Å². The average molecular weight is 650 g/mol. The molecule has 0 radical (unpaired) electrons. The first-order chi connectivity index (χ1) is 23.0. The summed E-state index contributed by atoms with van der Waals surface area (Å²) in [4.78, 5) is 0. The van der Waals surface area contributed by atoms with E-state index in [1.54, 1.807) is 14.4 Å². The van der Waals surface area contributed by atoms with Crippen LogP contribution in [0.1, 0.15) is 35.0 Å². The van der Waals surface area contributed by atoms with Gasteiger partial charge in [-0.1, -0.05) is 108 Å². The summed E-state index contributed by atoms with van der Waals surface area (Å²) < 4.78 is 10.3. The highest BCUT2D eigenvalue weighted by Crippen LogP contribution is 2.39. The summed E-state index contributed by atoms with van der Waals surface area (Å²) in [5.41, 5.74) is 13.8. The number of aromatic nitrogens is 6. The molecule has 2 atom stereocenters. The van der Waals surface area contributed by atoms with Gasteiger partial charge in [-0.25, -0.2) is 14.8 Å². The second-order valence-corrected chi connectivity index (χ2v) is 11.2. The van der Waals surface area contributed by atoms with Crippen molar-refractivity contribution in [1.29, 1.82) is 0 Å². The molecular formula is C34H40N11OP. The molecule has 0 aliphatic heterocycles. The van der Waals surface area contributed by atoms with Gasteiger partial charge in [0.1, 0.15) is 11.4 Å². The minimum Gasteiger partial charge on any atom is -0.351 e. The molecule has 0 saturated carbocycles. The highest BCUT2D eigenvalue weighted by atomic mass is 31.0. The minimum absolute atomic E-state index is 0.111. The second kappa shape index (κ2) is 16.5. The third kappa shape index (κ3) is 8.84. The molecule has 13 heteroatoms. The molecule has 3 aromatic carbocycles. The van der Waals surface area contributed by atoms with Crippen molar-refractivity contribution in [2.24, 2.45) is 5.10 Å². The Morgan fingerprint density at radius 1 is 0.915 bits per heavy atom. The molecule has 2 aromatic heterocycles. The van der Waals surface area contributed by atoms with Crippen molar-refractivity contribution in [3.63, 3.8) is 0 Å². The number of nitrogens with zero attached hydrogens (tertiary/aromatic N) is 8. The lowest BCUT2D eigenvalue weighted by Gasteiger charge is -2.36. The van der Waals surface area contributed by atoms with Gasteiger partial charge < -0.3 is 10.2 Å². The van der Waals surface area contributed by atoms with Crippen LogP contribution >= 0.6 is 9.24 Å². The van der Waals surface area contributed by atoms with Crippen molar-refractivity contribution in [3.05, 3.63) is 156 Å². The maximum absolute atomic E-state index is 6.83. The van der Waals surface area contributed by atoms with Crippen LogP contribution in [0.4, 0.5) is 0 Å². The molecule has 12 nitrogen and oxygen atoms in total. The van der Waals surface area contributed by atoms with E-state index in [9.17, 15) is 0 Å². The molecule has 5 rings (SSSR count). The zero-order valence-corrected chi connectivity index (χ0v) is 27.6. The first-order valence-electron chi connectivity index (χ1n) is 15.1. The second-order valence-electron chi connectivity index (χ2n) is 10.8. The van der Waals surface area contributed by atoms with Gasteiger partial charge in [-0.3, -0.25) is 5.01 Å². The van der Waals surface area contributed by atoms with Crippen LogP contribution in [0.25, 0.3) is 0 Å². The number of ether oxygens (including phenoxy) is 1. The van der Waals surface area contributed by atoms with E-state index in [0.29, 0.717) is 43.0 Å². The standard InChI is InChI=1S/C34H40N11OP/c1-27(20-43(35-3)21-30-15-9-5-10-16-30)34(46-25-32-23-45(26-47)41-38-32,28(2)37-40-36-19-29-13-7-4-8-14-29)33-24-44(42-39-33)22-31-17-11-6-12-18-31/h4-18,20,23-24,36-37,40H,2-3,19,21-22,25-26,47H2,1H3/b27-20+. The molecule has 242 valence electrons. The van der Waals surface area contributed by atoms with Gasteiger partial charge in [-0.05, 0) is 29.2 Å². The van der Waals surface area contributed by atoms with Crippen LogP contribution in [0, 0.1) is 0 Å². The van der Waals surface area contributed by atoms with E-state index in [0.717, 1.165) is 22.3 Å². The number of rotatable bonds is 18. The molecule has 0 aliphatic rings. The van der Waals surface area contributed by atoms with Crippen LogP contribution in [-0.4, -0.2) is 41.7 Å². The molecule has 2 heterocycles. The zero-order chi connectivity index (χ0) is 32.9. The first kappa shape index (κ1) is 33.4. The Morgan fingerprint density at radius 3 is 2.19 bits per heavy atom. The molecule has 2 unspecified atom stereocenters. The normalized spacial score (nSPS) is 12.8. The van der Waals surface area contributed by atoms with E-state index in [1.807, 2.05) is 117 Å². The van der Waals surface area contributed by atoms with Gasteiger partial charge in [0.15, 0.2) is 5.60 Å². The predicted octanol–water partition coefficient (Wildman–Crippen LogP) is 4.50. The molecule has 0 amide bonds. The highest BCUT2D eigenvalue weighted by Gasteiger charge is 2.43. The molecule has 0 bridgehead atoms. The van der Waals surface area contributed by atoms with E-state index < -0.39 is 5.60 Å². The fraction of sp³-hybridized carbons (Fsp3) is 0.206. The Bertz CT molecular complexity index is 1740. The van der Waals surface area contributed by atoms with Gasteiger partial charge in [-0.2, -0.15) is 10.6 Å². The summed E-state index contributed by atoms with van der Waals surface area (Å²) in [6.45, 7) is 11.9. The molecule has 0 spiro atoms. The number of hydrogen-bond acceptors (Lipinski definition) is 10. The summed E-state index contributed by atoms with van der Waals surface area (Å²) >= 11 is 0. The van der Waals surface area contributed by atoms with E-state index in [1.165, 1.54) is 0 Å². The van der Waals surface area contributed by atoms with Gasteiger partial charge in [0.25, 0.3) is 0 Å². The van der Waals surface area contributed by atoms with Crippen molar-refractivity contribution in [2.75, 3.05) is 0 Å². The Kier molecular flexibility index (Phi) is 11.7. The number of benzene rings is 3. The number of hydrazine groups is 2. The summed E-state index contributed by atoms with van der Waals surface area (Å²) in [5.74, 6) is 0. The van der Waals surface area contributed by atoms with Crippen molar-refractivity contribution in [3.8, 4) is 0 Å². The summed E-state index contributed by atoms with van der Waals surface area (Å²) in [6, 6.07) is 30.2. The average Bonchev–Trinajstić information content (AvgIpc) is 3.78. The SMILES string of the molecule is C=NN(/C=C(\C)C(OCc1cn(CP)nn1)(C(=C)NNNCc1ccccc1)c1cn(Cc2ccccc2)nn1)Cc1ccccc1. The van der Waals surface area contributed by atoms with Gasteiger partial charge in [0.2, 0.25) is 0 Å². The monoisotopic (exact) mass is 649 g/mol. The Balaban J connectivity index is 1.50. The van der Waals surface area contributed by atoms with Gasteiger partial charge in [0.05, 0.1) is 44.1 Å².